The number of nitrogens with one attached hydrogen (secondary N) is 1. The molecule has 0 spiro atoms. The molecule has 0 saturated heterocycles. The van der Waals surface area contributed by atoms with Gasteiger partial charge in [-0.1, -0.05) is 42.5 Å². The van der Waals surface area contributed by atoms with E-state index in [9.17, 15) is 9.90 Å². The van der Waals surface area contributed by atoms with Crippen LogP contribution in [0.2, 0.25) is 0 Å². The monoisotopic (exact) mass is 299 g/mol. The smallest absolute Gasteiger partial charge is 0.335 e. The van der Waals surface area contributed by atoms with Gasteiger partial charge in [-0.15, -0.1) is 0 Å². The lowest BCUT2D eigenvalue weighted by molar-refractivity contribution is 0.0697. The van der Waals surface area contributed by atoms with E-state index >= 15 is 0 Å². The van der Waals surface area contributed by atoms with Crippen molar-refractivity contribution in [3.63, 3.8) is 0 Å². The predicted molar refractivity (Wildman–Crippen MR) is 86.0 cm³/mol. The highest BCUT2D eigenvalue weighted by Crippen LogP contribution is 2.12. The molecule has 2 aromatic rings. The minimum atomic E-state index is -0.913. The summed E-state index contributed by atoms with van der Waals surface area (Å²) in [6.45, 7) is 2.53. The van der Waals surface area contributed by atoms with Crippen LogP contribution in [0, 0.1) is 0 Å². The van der Waals surface area contributed by atoms with Gasteiger partial charge in [0.05, 0.1) is 11.7 Å². The largest absolute Gasteiger partial charge is 0.478 e. The molecule has 0 amide bonds. The summed E-state index contributed by atoms with van der Waals surface area (Å²) < 4.78 is 0. The van der Waals surface area contributed by atoms with Crippen molar-refractivity contribution in [3.05, 3.63) is 71.3 Å². The molecular formula is C18H21NO3. The van der Waals surface area contributed by atoms with E-state index in [0.29, 0.717) is 12.1 Å². The molecule has 0 saturated carbocycles. The zero-order valence-corrected chi connectivity index (χ0v) is 12.6. The number of benzene rings is 2. The molecule has 0 fully saturated rings. The molecule has 22 heavy (non-hydrogen) atoms. The van der Waals surface area contributed by atoms with Crippen molar-refractivity contribution in [1.82, 2.24) is 5.32 Å². The molecule has 2 atom stereocenters. The molecule has 0 heterocycles. The molecule has 0 radical (unpaired) electrons. The molecule has 2 aromatic carbocycles. The number of carboxylic acids is 1. The highest BCUT2D eigenvalue weighted by molar-refractivity contribution is 5.87. The zero-order valence-electron chi connectivity index (χ0n) is 12.6. The van der Waals surface area contributed by atoms with E-state index in [1.54, 1.807) is 12.1 Å². The Labute approximate surface area is 130 Å². The fourth-order valence-corrected chi connectivity index (χ4v) is 2.31. The van der Waals surface area contributed by atoms with Gasteiger partial charge in [0.25, 0.3) is 0 Å². The molecule has 0 aromatic heterocycles. The second kappa shape index (κ2) is 7.73. The summed E-state index contributed by atoms with van der Waals surface area (Å²) in [5.41, 5.74) is 2.26. The summed E-state index contributed by atoms with van der Waals surface area (Å²) in [6, 6.07) is 16.6. The van der Waals surface area contributed by atoms with Gasteiger partial charge in [-0.2, -0.15) is 0 Å². The minimum Gasteiger partial charge on any atom is -0.478 e. The molecule has 1 unspecified atom stereocenters. The molecule has 0 aliphatic heterocycles. The van der Waals surface area contributed by atoms with Crippen LogP contribution in [0.5, 0.6) is 0 Å². The number of carbonyl (C=O) groups is 1. The lowest BCUT2D eigenvalue weighted by Crippen LogP contribution is -2.32. The van der Waals surface area contributed by atoms with E-state index in [1.165, 1.54) is 0 Å². The van der Waals surface area contributed by atoms with Crippen molar-refractivity contribution in [3.8, 4) is 0 Å². The Morgan fingerprint density at radius 3 is 2.32 bits per heavy atom. The van der Waals surface area contributed by atoms with Gasteiger partial charge in [-0.25, -0.2) is 4.79 Å². The minimum absolute atomic E-state index is 0.189. The number of aliphatic hydroxyl groups is 1. The van der Waals surface area contributed by atoms with Gasteiger partial charge in [0, 0.05) is 12.6 Å². The predicted octanol–water partition coefficient (Wildman–Crippen LogP) is 2.64. The van der Waals surface area contributed by atoms with Gasteiger partial charge < -0.3 is 15.5 Å². The number of carboxylic acid groups (broad SMARTS) is 1. The van der Waals surface area contributed by atoms with Gasteiger partial charge in [-0.3, -0.25) is 0 Å². The van der Waals surface area contributed by atoms with Crippen molar-refractivity contribution in [2.75, 3.05) is 6.54 Å². The van der Waals surface area contributed by atoms with Gasteiger partial charge in [0.2, 0.25) is 0 Å². The molecule has 3 N–H and O–H groups in total. The molecule has 4 nitrogen and oxygen atoms in total. The fraction of sp³-hybridized carbons (Fsp3) is 0.278. The second-order valence-corrected chi connectivity index (χ2v) is 5.44. The quantitative estimate of drug-likeness (QED) is 0.735. The summed E-state index contributed by atoms with van der Waals surface area (Å²) in [5.74, 6) is -0.913. The van der Waals surface area contributed by atoms with Crippen LogP contribution in [0.4, 0.5) is 0 Å². The van der Waals surface area contributed by atoms with Gasteiger partial charge >= 0.3 is 5.97 Å². The van der Waals surface area contributed by atoms with E-state index in [4.69, 9.17) is 5.11 Å². The van der Waals surface area contributed by atoms with Crippen molar-refractivity contribution in [1.29, 1.82) is 0 Å². The van der Waals surface area contributed by atoms with Gasteiger partial charge in [0.15, 0.2) is 0 Å². The molecule has 0 aliphatic rings. The number of rotatable bonds is 7. The Kier molecular flexibility index (Phi) is 5.69. The standard InChI is InChI=1S/C18H21NO3/c1-13(11-14-7-9-16(10-8-14)18(21)22)19-12-17(20)15-5-3-2-4-6-15/h2-10,13,17,19-20H,11-12H2,1H3,(H,21,22)/t13?,17-/m0/s1. The van der Waals surface area contributed by atoms with Crippen LogP contribution >= 0.6 is 0 Å². The molecule has 0 bridgehead atoms. The maximum absolute atomic E-state index is 10.8. The molecule has 0 aliphatic carbocycles. The Balaban J connectivity index is 1.82. The van der Waals surface area contributed by atoms with Crippen LogP contribution in [0.3, 0.4) is 0 Å². The topological polar surface area (TPSA) is 69.6 Å². The third-order valence-electron chi connectivity index (χ3n) is 3.59. The first-order chi connectivity index (χ1) is 10.6. The van der Waals surface area contributed by atoms with Crippen LogP contribution in [-0.4, -0.2) is 28.8 Å². The van der Waals surface area contributed by atoms with Crippen LogP contribution in [-0.2, 0) is 6.42 Å². The normalized spacial score (nSPS) is 13.5. The number of aliphatic hydroxyl groups excluding tert-OH is 1. The van der Waals surface area contributed by atoms with Crippen molar-refractivity contribution >= 4 is 5.97 Å². The summed E-state index contributed by atoms with van der Waals surface area (Å²) in [4.78, 5) is 10.8. The second-order valence-electron chi connectivity index (χ2n) is 5.44. The summed E-state index contributed by atoms with van der Waals surface area (Å²) in [7, 11) is 0. The Morgan fingerprint density at radius 1 is 1.09 bits per heavy atom. The van der Waals surface area contributed by atoms with Gasteiger partial charge in [0.1, 0.15) is 0 Å². The molecule has 2 rings (SSSR count). The number of hydrogen-bond acceptors (Lipinski definition) is 3. The molecular weight excluding hydrogens is 278 g/mol. The average molecular weight is 299 g/mol. The van der Waals surface area contributed by atoms with E-state index in [0.717, 1.165) is 17.5 Å². The van der Waals surface area contributed by atoms with Crippen LogP contribution < -0.4 is 5.32 Å². The van der Waals surface area contributed by atoms with Crippen molar-refractivity contribution in [2.24, 2.45) is 0 Å². The first kappa shape index (κ1) is 16.2. The first-order valence-corrected chi connectivity index (χ1v) is 7.35. The highest BCUT2D eigenvalue weighted by atomic mass is 16.4. The highest BCUT2D eigenvalue weighted by Gasteiger charge is 2.10. The zero-order chi connectivity index (χ0) is 15.9. The van der Waals surface area contributed by atoms with Crippen molar-refractivity contribution in [2.45, 2.75) is 25.5 Å². The molecule has 116 valence electrons. The van der Waals surface area contributed by atoms with E-state index in [2.05, 4.69) is 5.32 Å². The molecule has 4 heteroatoms. The van der Waals surface area contributed by atoms with Crippen molar-refractivity contribution < 1.29 is 15.0 Å². The average Bonchev–Trinajstić information content (AvgIpc) is 2.54. The summed E-state index contributed by atoms with van der Waals surface area (Å²) in [5, 5.41) is 22.3. The third kappa shape index (κ3) is 4.69. The summed E-state index contributed by atoms with van der Waals surface area (Å²) in [6.07, 6.45) is 0.250. The van der Waals surface area contributed by atoms with Gasteiger partial charge in [-0.05, 0) is 36.6 Å². The van der Waals surface area contributed by atoms with Crippen LogP contribution in [0.15, 0.2) is 54.6 Å². The van der Waals surface area contributed by atoms with Crippen LogP contribution in [0.25, 0.3) is 0 Å². The third-order valence-corrected chi connectivity index (χ3v) is 3.59. The Morgan fingerprint density at radius 2 is 1.73 bits per heavy atom. The maximum Gasteiger partial charge on any atom is 0.335 e. The lowest BCUT2D eigenvalue weighted by atomic mass is 10.0. The first-order valence-electron chi connectivity index (χ1n) is 7.35. The Bertz CT molecular complexity index is 595. The van der Waals surface area contributed by atoms with E-state index in [-0.39, 0.29) is 6.04 Å². The lowest BCUT2D eigenvalue weighted by Gasteiger charge is -2.17. The number of aromatic carboxylic acids is 1. The van der Waals surface area contributed by atoms with Crippen LogP contribution in [0.1, 0.15) is 34.5 Å². The van der Waals surface area contributed by atoms with E-state index in [1.807, 2.05) is 49.4 Å². The Hall–Kier alpha value is -2.17. The fourth-order valence-electron chi connectivity index (χ4n) is 2.31. The summed E-state index contributed by atoms with van der Waals surface area (Å²) >= 11 is 0. The van der Waals surface area contributed by atoms with E-state index < -0.39 is 12.1 Å². The maximum atomic E-state index is 10.8. The SMILES string of the molecule is CC(Cc1ccc(C(=O)O)cc1)NC[C@H](O)c1ccccc1. The number of hydrogen-bond donors (Lipinski definition) is 3.